The molecule has 0 spiro atoms. The van der Waals surface area contributed by atoms with Crippen molar-refractivity contribution >= 4 is 23.6 Å². The van der Waals surface area contributed by atoms with Gasteiger partial charge in [0.15, 0.2) is 0 Å². The fourth-order valence-electron chi connectivity index (χ4n) is 2.27. The monoisotopic (exact) mass is 367 g/mol. The summed E-state index contributed by atoms with van der Waals surface area (Å²) in [5.41, 5.74) is 3.45. The summed E-state index contributed by atoms with van der Waals surface area (Å²) >= 11 is 0. The number of aromatic hydroxyl groups is 1. The highest BCUT2D eigenvalue weighted by molar-refractivity contribution is 5.92. The van der Waals surface area contributed by atoms with Crippen LogP contribution in [0.1, 0.15) is 16.1 Å². The van der Waals surface area contributed by atoms with Crippen LogP contribution in [0.2, 0.25) is 0 Å². The molecule has 3 rings (SSSR count). The predicted molar refractivity (Wildman–Crippen MR) is 97.1 cm³/mol. The number of non-ortho nitro benzene ring substituents is 1. The van der Waals surface area contributed by atoms with E-state index in [1.165, 1.54) is 36.5 Å². The third kappa shape index (κ3) is 4.10. The molecule has 0 atom stereocenters. The standard InChI is InChI=1S/C18H13N3O6/c22-16-7-3-12(9-15(16)18(23)24)20-19-10-14-6-8-17(27-14)11-1-4-13(5-2-11)21(25)26/h1-10,20,22H,(H,23,24). The van der Waals surface area contributed by atoms with Gasteiger partial charge in [-0.2, -0.15) is 5.10 Å². The summed E-state index contributed by atoms with van der Waals surface area (Å²) < 4.78 is 5.60. The molecule has 136 valence electrons. The maximum atomic E-state index is 11.0. The lowest BCUT2D eigenvalue weighted by atomic mass is 10.1. The van der Waals surface area contributed by atoms with E-state index in [9.17, 15) is 20.0 Å². The topological polar surface area (TPSA) is 138 Å². The fraction of sp³-hybridized carbons (Fsp3) is 0. The zero-order chi connectivity index (χ0) is 19.4. The van der Waals surface area contributed by atoms with Crippen LogP contribution in [0.25, 0.3) is 11.3 Å². The van der Waals surface area contributed by atoms with Crippen LogP contribution in [-0.2, 0) is 0 Å². The molecule has 0 radical (unpaired) electrons. The third-order valence-corrected chi connectivity index (χ3v) is 3.60. The fourth-order valence-corrected chi connectivity index (χ4v) is 2.27. The van der Waals surface area contributed by atoms with Gasteiger partial charge in [-0.05, 0) is 42.5 Å². The first-order valence-electron chi connectivity index (χ1n) is 7.64. The number of carboxylic acid groups (broad SMARTS) is 1. The van der Waals surface area contributed by atoms with Crippen LogP contribution in [-0.4, -0.2) is 27.3 Å². The molecule has 1 aromatic heterocycles. The Morgan fingerprint density at radius 3 is 2.56 bits per heavy atom. The highest BCUT2D eigenvalue weighted by Crippen LogP contribution is 2.24. The zero-order valence-corrected chi connectivity index (χ0v) is 13.7. The molecular formula is C18H13N3O6. The number of hydrazone groups is 1. The number of nitro groups is 1. The second-order valence-electron chi connectivity index (χ2n) is 5.41. The number of aromatic carboxylic acids is 1. The van der Waals surface area contributed by atoms with Crippen molar-refractivity contribution in [3.63, 3.8) is 0 Å². The van der Waals surface area contributed by atoms with Gasteiger partial charge in [-0.25, -0.2) is 4.79 Å². The quantitative estimate of drug-likeness (QED) is 0.261. The number of phenols is 1. The Morgan fingerprint density at radius 2 is 1.89 bits per heavy atom. The molecule has 0 saturated carbocycles. The van der Waals surface area contributed by atoms with Crippen molar-refractivity contribution < 1.29 is 24.3 Å². The van der Waals surface area contributed by atoms with Gasteiger partial charge in [0, 0.05) is 17.7 Å². The first-order valence-corrected chi connectivity index (χ1v) is 7.64. The molecule has 0 aliphatic heterocycles. The van der Waals surface area contributed by atoms with Gasteiger partial charge in [0.1, 0.15) is 22.8 Å². The number of hydrogen-bond acceptors (Lipinski definition) is 7. The molecule has 0 aliphatic carbocycles. The van der Waals surface area contributed by atoms with E-state index in [0.717, 1.165) is 0 Å². The Hall–Kier alpha value is -4.14. The Bertz CT molecular complexity index is 1020. The molecule has 0 unspecified atom stereocenters. The summed E-state index contributed by atoms with van der Waals surface area (Å²) in [7, 11) is 0. The number of anilines is 1. The van der Waals surface area contributed by atoms with Crippen molar-refractivity contribution in [1.29, 1.82) is 0 Å². The molecule has 0 fully saturated rings. The lowest BCUT2D eigenvalue weighted by molar-refractivity contribution is -0.384. The van der Waals surface area contributed by atoms with Gasteiger partial charge in [0.05, 0.1) is 16.8 Å². The van der Waals surface area contributed by atoms with E-state index < -0.39 is 10.9 Å². The molecule has 9 heteroatoms. The molecule has 0 saturated heterocycles. The van der Waals surface area contributed by atoms with Gasteiger partial charge < -0.3 is 14.6 Å². The number of hydrogen-bond donors (Lipinski definition) is 3. The van der Waals surface area contributed by atoms with Crippen molar-refractivity contribution in [2.24, 2.45) is 5.10 Å². The Kier molecular flexibility index (Phi) is 4.84. The number of nitrogens with one attached hydrogen (secondary N) is 1. The zero-order valence-electron chi connectivity index (χ0n) is 13.7. The summed E-state index contributed by atoms with van der Waals surface area (Å²) in [6, 6.07) is 13.3. The average molecular weight is 367 g/mol. The second-order valence-corrected chi connectivity index (χ2v) is 5.41. The predicted octanol–water partition coefficient (Wildman–Crippen LogP) is 3.70. The summed E-state index contributed by atoms with van der Waals surface area (Å²) in [5.74, 6) is -0.646. The van der Waals surface area contributed by atoms with E-state index in [2.05, 4.69) is 10.5 Å². The van der Waals surface area contributed by atoms with Gasteiger partial charge in [0.2, 0.25) is 0 Å². The van der Waals surface area contributed by atoms with E-state index >= 15 is 0 Å². The van der Waals surface area contributed by atoms with Gasteiger partial charge >= 0.3 is 5.97 Å². The molecule has 0 aliphatic rings. The Balaban J connectivity index is 1.69. The highest BCUT2D eigenvalue weighted by Gasteiger charge is 2.10. The molecule has 3 N–H and O–H groups in total. The number of furan rings is 1. The van der Waals surface area contributed by atoms with Crippen molar-refractivity contribution in [2.45, 2.75) is 0 Å². The van der Waals surface area contributed by atoms with Crippen LogP contribution >= 0.6 is 0 Å². The van der Waals surface area contributed by atoms with E-state index in [4.69, 9.17) is 9.52 Å². The van der Waals surface area contributed by atoms with Crippen LogP contribution in [0.15, 0.2) is 64.1 Å². The van der Waals surface area contributed by atoms with Gasteiger partial charge in [0.25, 0.3) is 5.69 Å². The van der Waals surface area contributed by atoms with Crippen LogP contribution in [0.5, 0.6) is 5.75 Å². The van der Waals surface area contributed by atoms with Crippen molar-refractivity contribution in [3.05, 3.63) is 76.0 Å². The van der Waals surface area contributed by atoms with Crippen LogP contribution < -0.4 is 5.43 Å². The van der Waals surface area contributed by atoms with E-state index in [1.807, 2.05) is 0 Å². The van der Waals surface area contributed by atoms with E-state index in [0.29, 0.717) is 22.8 Å². The molecule has 9 nitrogen and oxygen atoms in total. The number of carbonyl (C=O) groups is 1. The minimum atomic E-state index is -1.25. The average Bonchev–Trinajstić information content (AvgIpc) is 3.12. The number of benzene rings is 2. The van der Waals surface area contributed by atoms with Crippen molar-refractivity contribution in [1.82, 2.24) is 0 Å². The number of nitrogens with zero attached hydrogens (tertiary/aromatic N) is 2. The molecule has 27 heavy (non-hydrogen) atoms. The minimum Gasteiger partial charge on any atom is -0.507 e. The summed E-state index contributed by atoms with van der Waals surface area (Å²) in [6.07, 6.45) is 1.39. The normalized spacial score (nSPS) is 10.8. The third-order valence-electron chi connectivity index (χ3n) is 3.60. The Labute approximate surface area is 152 Å². The maximum absolute atomic E-state index is 11.0. The van der Waals surface area contributed by atoms with Crippen molar-refractivity contribution in [2.75, 3.05) is 5.43 Å². The van der Waals surface area contributed by atoms with E-state index in [-0.39, 0.29) is 17.0 Å². The molecular weight excluding hydrogens is 354 g/mol. The summed E-state index contributed by atoms with van der Waals surface area (Å²) in [6.45, 7) is 0. The molecule has 0 amide bonds. The first-order chi connectivity index (χ1) is 12.9. The molecule has 1 heterocycles. The molecule has 3 aromatic rings. The van der Waals surface area contributed by atoms with Crippen LogP contribution in [0.3, 0.4) is 0 Å². The summed E-state index contributed by atoms with van der Waals surface area (Å²) in [5, 5.41) is 33.1. The number of carboxylic acids is 1. The number of rotatable bonds is 6. The first kappa shape index (κ1) is 17.7. The molecule has 2 aromatic carbocycles. The largest absolute Gasteiger partial charge is 0.507 e. The van der Waals surface area contributed by atoms with Gasteiger partial charge in [-0.15, -0.1) is 0 Å². The number of nitro benzene ring substituents is 1. The van der Waals surface area contributed by atoms with Crippen LogP contribution in [0.4, 0.5) is 11.4 Å². The van der Waals surface area contributed by atoms with Gasteiger partial charge in [-0.3, -0.25) is 15.5 Å². The van der Waals surface area contributed by atoms with E-state index in [1.54, 1.807) is 24.3 Å². The smallest absolute Gasteiger partial charge is 0.339 e. The lowest BCUT2D eigenvalue weighted by Crippen LogP contribution is -1.98. The van der Waals surface area contributed by atoms with Gasteiger partial charge in [-0.1, -0.05) is 0 Å². The second kappa shape index (κ2) is 7.40. The lowest BCUT2D eigenvalue weighted by Gasteiger charge is -2.03. The van der Waals surface area contributed by atoms with Crippen molar-refractivity contribution in [3.8, 4) is 17.1 Å². The van der Waals surface area contributed by atoms with Crippen LogP contribution in [0, 0.1) is 10.1 Å². The molecule has 0 bridgehead atoms. The SMILES string of the molecule is O=C(O)c1cc(NN=Cc2ccc(-c3ccc([N+](=O)[O-])cc3)o2)ccc1O. The summed E-state index contributed by atoms with van der Waals surface area (Å²) in [4.78, 5) is 21.2. The highest BCUT2D eigenvalue weighted by atomic mass is 16.6. The Morgan fingerprint density at radius 1 is 1.15 bits per heavy atom. The maximum Gasteiger partial charge on any atom is 0.339 e. The minimum absolute atomic E-state index is 0.00841.